The van der Waals surface area contributed by atoms with Crippen molar-refractivity contribution in [2.45, 2.75) is 25.2 Å². The predicted octanol–water partition coefficient (Wildman–Crippen LogP) is 2.54. The number of hydrogen-bond acceptors (Lipinski definition) is 4. The third-order valence-electron chi connectivity index (χ3n) is 4.65. The van der Waals surface area contributed by atoms with Crippen molar-refractivity contribution in [3.8, 4) is 0 Å². The molecule has 3 N–H and O–H groups in total. The maximum atomic E-state index is 14.6. The van der Waals surface area contributed by atoms with Crippen LogP contribution in [0.5, 0.6) is 0 Å². The number of alkyl halides is 2. The Kier molecular flexibility index (Phi) is 6.13. The Balaban J connectivity index is 1.81. The molecule has 2 aromatic carbocycles. The van der Waals surface area contributed by atoms with Crippen molar-refractivity contribution in [2.75, 3.05) is 11.9 Å². The van der Waals surface area contributed by atoms with Gasteiger partial charge in [0.2, 0.25) is 0 Å². The number of nitrogens with one attached hydrogen (secondary N) is 2. The molecule has 0 spiro atoms. The Hall–Kier alpha value is -2.92. The number of rotatable bonds is 5. The van der Waals surface area contributed by atoms with Crippen LogP contribution in [-0.2, 0) is 15.4 Å². The first-order valence-electron chi connectivity index (χ1n) is 8.95. The van der Waals surface area contributed by atoms with E-state index in [0.717, 1.165) is 12.1 Å². The first-order valence-corrected chi connectivity index (χ1v) is 8.95. The predicted molar refractivity (Wildman–Crippen MR) is 99.9 cm³/mol. The van der Waals surface area contributed by atoms with E-state index in [-0.39, 0.29) is 29.8 Å². The second-order valence-electron chi connectivity index (χ2n) is 6.82. The molecule has 0 aromatic heterocycles. The molecule has 1 aliphatic rings. The standard InChI is InChI=1S/C19H17BF4N2O4/c1-10-8-12(3-5-14(10)21)25-17(27)11-2-4-15(22)13(9-11)19(23,24)18(28)26-16-6-7-30-20(16)29/h2-5,8-9,16,29H,6-7H2,1H3,(H,25,27)(H,26,28)/t16-/m0/s1. The van der Waals surface area contributed by atoms with Crippen molar-refractivity contribution in [1.82, 2.24) is 5.32 Å². The molecule has 0 unspecified atom stereocenters. The van der Waals surface area contributed by atoms with Gasteiger partial charge in [0.15, 0.2) is 0 Å². The van der Waals surface area contributed by atoms with Gasteiger partial charge in [-0.3, -0.25) is 9.59 Å². The van der Waals surface area contributed by atoms with Crippen LogP contribution in [-0.4, -0.2) is 36.5 Å². The Labute approximate surface area is 169 Å². The van der Waals surface area contributed by atoms with Gasteiger partial charge in [-0.2, -0.15) is 8.78 Å². The highest BCUT2D eigenvalue weighted by Crippen LogP contribution is 2.32. The first-order chi connectivity index (χ1) is 14.1. The maximum Gasteiger partial charge on any atom is 0.478 e. The Bertz CT molecular complexity index is 989. The van der Waals surface area contributed by atoms with E-state index in [4.69, 9.17) is 4.65 Å². The van der Waals surface area contributed by atoms with Gasteiger partial charge in [-0.1, -0.05) is 0 Å². The van der Waals surface area contributed by atoms with E-state index >= 15 is 0 Å². The topological polar surface area (TPSA) is 87.7 Å². The SMILES string of the molecule is Cc1cc(NC(=O)c2ccc(F)c(C(F)(F)C(=O)N[C@H]3CCOB3O)c2)ccc1F. The van der Waals surface area contributed by atoms with Gasteiger partial charge in [-0.25, -0.2) is 8.78 Å². The van der Waals surface area contributed by atoms with Crippen LogP contribution >= 0.6 is 0 Å². The molecule has 6 nitrogen and oxygen atoms in total. The van der Waals surface area contributed by atoms with E-state index in [1.54, 1.807) is 0 Å². The van der Waals surface area contributed by atoms with Crippen molar-refractivity contribution < 1.29 is 36.8 Å². The summed E-state index contributed by atoms with van der Waals surface area (Å²) in [5.74, 6) is -9.91. The Morgan fingerprint density at radius 3 is 2.50 bits per heavy atom. The molecule has 1 saturated heterocycles. The summed E-state index contributed by atoms with van der Waals surface area (Å²) in [5, 5.41) is 13.8. The summed E-state index contributed by atoms with van der Waals surface area (Å²) in [6.45, 7) is 1.55. The summed E-state index contributed by atoms with van der Waals surface area (Å²) in [6.07, 6.45) is 0.116. The summed E-state index contributed by atoms with van der Waals surface area (Å²) >= 11 is 0. The van der Waals surface area contributed by atoms with E-state index in [2.05, 4.69) is 5.32 Å². The number of carbonyl (C=O) groups is 2. The minimum Gasteiger partial charge on any atom is -0.426 e. The molecular weight excluding hydrogens is 407 g/mol. The van der Waals surface area contributed by atoms with Gasteiger partial charge in [0.05, 0.1) is 11.5 Å². The van der Waals surface area contributed by atoms with Gasteiger partial charge in [0.1, 0.15) is 11.6 Å². The van der Waals surface area contributed by atoms with Gasteiger partial charge in [0, 0.05) is 17.9 Å². The Morgan fingerprint density at radius 2 is 1.87 bits per heavy atom. The van der Waals surface area contributed by atoms with Crippen LogP contribution in [0.1, 0.15) is 27.9 Å². The van der Waals surface area contributed by atoms with Crippen LogP contribution in [0.4, 0.5) is 23.2 Å². The number of aryl methyl sites for hydroxylation is 1. The lowest BCUT2D eigenvalue weighted by molar-refractivity contribution is -0.147. The summed E-state index contributed by atoms with van der Waals surface area (Å²) in [4.78, 5) is 24.4. The molecule has 30 heavy (non-hydrogen) atoms. The summed E-state index contributed by atoms with van der Waals surface area (Å²) in [7, 11) is -1.44. The fourth-order valence-electron chi connectivity index (χ4n) is 2.93. The highest BCUT2D eigenvalue weighted by molar-refractivity contribution is 6.46. The lowest BCUT2D eigenvalue weighted by Gasteiger charge is -2.20. The van der Waals surface area contributed by atoms with E-state index in [1.807, 2.05) is 5.32 Å². The highest BCUT2D eigenvalue weighted by Gasteiger charge is 2.46. The van der Waals surface area contributed by atoms with Gasteiger partial charge in [-0.15, -0.1) is 0 Å². The van der Waals surface area contributed by atoms with Gasteiger partial charge in [-0.05, 0) is 55.3 Å². The Morgan fingerprint density at radius 1 is 1.17 bits per heavy atom. The number of hydrogen-bond donors (Lipinski definition) is 3. The maximum absolute atomic E-state index is 14.6. The molecule has 1 atom stereocenters. The molecule has 0 saturated carbocycles. The largest absolute Gasteiger partial charge is 0.478 e. The lowest BCUT2D eigenvalue weighted by atomic mass is 9.80. The van der Waals surface area contributed by atoms with Crippen molar-refractivity contribution in [1.29, 1.82) is 0 Å². The molecule has 2 amide bonds. The van der Waals surface area contributed by atoms with Gasteiger partial charge >= 0.3 is 13.0 Å². The third-order valence-corrected chi connectivity index (χ3v) is 4.65. The van der Waals surface area contributed by atoms with E-state index in [0.29, 0.717) is 12.1 Å². The van der Waals surface area contributed by atoms with Crippen molar-refractivity contribution >= 4 is 24.6 Å². The van der Waals surface area contributed by atoms with E-state index in [9.17, 15) is 32.2 Å². The number of benzene rings is 2. The lowest BCUT2D eigenvalue weighted by Crippen LogP contribution is -2.49. The molecule has 1 fully saturated rings. The number of amides is 2. The second-order valence-corrected chi connectivity index (χ2v) is 6.82. The average molecular weight is 424 g/mol. The fourth-order valence-corrected chi connectivity index (χ4v) is 2.93. The number of halogens is 4. The summed E-state index contributed by atoms with van der Waals surface area (Å²) in [5.41, 5.74) is -1.15. The van der Waals surface area contributed by atoms with Gasteiger partial charge < -0.3 is 20.3 Å². The van der Waals surface area contributed by atoms with Crippen LogP contribution in [0.3, 0.4) is 0 Å². The molecule has 0 radical (unpaired) electrons. The van der Waals surface area contributed by atoms with Crippen LogP contribution < -0.4 is 10.6 Å². The number of carbonyl (C=O) groups excluding carboxylic acids is 2. The van der Waals surface area contributed by atoms with Crippen LogP contribution in [0.15, 0.2) is 36.4 Å². The zero-order valence-corrected chi connectivity index (χ0v) is 15.7. The smallest absolute Gasteiger partial charge is 0.426 e. The molecule has 3 rings (SSSR count). The third kappa shape index (κ3) is 4.47. The highest BCUT2D eigenvalue weighted by atomic mass is 19.3. The molecule has 0 aliphatic carbocycles. The van der Waals surface area contributed by atoms with Crippen molar-refractivity contribution in [3.05, 3.63) is 64.7 Å². The van der Waals surface area contributed by atoms with Crippen molar-refractivity contribution in [3.63, 3.8) is 0 Å². The minimum absolute atomic E-state index is 0.0740. The minimum atomic E-state index is -4.31. The second kappa shape index (κ2) is 8.45. The molecule has 2 aromatic rings. The summed E-state index contributed by atoms with van der Waals surface area (Å²) < 4.78 is 61.4. The quantitative estimate of drug-likeness (QED) is 0.509. The molecule has 158 valence electrons. The molecule has 11 heteroatoms. The molecule has 1 aliphatic heterocycles. The molecular formula is C19H17BF4N2O4. The van der Waals surface area contributed by atoms with Crippen molar-refractivity contribution in [2.24, 2.45) is 0 Å². The van der Waals surface area contributed by atoms with Crippen LogP contribution in [0.25, 0.3) is 0 Å². The fraction of sp³-hybridized carbons (Fsp3) is 0.263. The molecule has 0 bridgehead atoms. The monoisotopic (exact) mass is 424 g/mol. The zero-order valence-electron chi connectivity index (χ0n) is 15.7. The van der Waals surface area contributed by atoms with Gasteiger partial charge in [0.25, 0.3) is 11.8 Å². The summed E-state index contributed by atoms with van der Waals surface area (Å²) in [6, 6.07) is 5.95. The normalized spacial score (nSPS) is 16.5. The molecule has 1 heterocycles. The first kappa shape index (κ1) is 21.8. The average Bonchev–Trinajstić information content (AvgIpc) is 3.09. The van der Waals surface area contributed by atoms with Crippen LogP contribution in [0.2, 0.25) is 0 Å². The van der Waals surface area contributed by atoms with E-state index in [1.165, 1.54) is 19.1 Å². The van der Waals surface area contributed by atoms with E-state index < -0.39 is 48.0 Å². The zero-order chi connectivity index (χ0) is 22.1. The number of anilines is 1. The van der Waals surface area contributed by atoms with Crippen LogP contribution in [0, 0.1) is 18.6 Å².